The van der Waals surface area contributed by atoms with Crippen LogP contribution in [0.2, 0.25) is 0 Å². The van der Waals surface area contributed by atoms with Crippen molar-refractivity contribution in [3.8, 4) is 0 Å². The van der Waals surface area contributed by atoms with E-state index in [2.05, 4.69) is 15.1 Å². The smallest absolute Gasteiger partial charge is 0.274 e. The van der Waals surface area contributed by atoms with E-state index in [0.29, 0.717) is 6.54 Å². The van der Waals surface area contributed by atoms with E-state index in [1.165, 1.54) is 22.6 Å². The summed E-state index contributed by atoms with van der Waals surface area (Å²) in [6.07, 6.45) is 6.98. The number of thioether (sulfide) groups is 1. The van der Waals surface area contributed by atoms with Crippen molar-refractivity contribution < 1.29 is 0 Å². The fourth-order valence-corrected chi connectivity index (χ4v) is 2.49. The van der Waals surface area contributed by atoms with E-state index in [1.54, 1.807) is 18.5 Å². The van der Waals surface area contributed by atoms with Gasteiger partial charge in [-0.2, -0.15) is 9.61 Å². The molecule has 6 nitrogen and oxygen atoms in total. The van der Waals surface area contributed by atoms with Crippen LogP contribution in [-0.2, 0) is 6.54 Å². The molecule has 0 aromatic carbocycles. The molecule has 0 aliphatic rings. The summed E-state index contributed by atoms with van der Waals surface area (Å²) in [7, 11) is 0. The van der Waals surface area contributed by atoms with Crippen molar-refractivity contribution in [3.63, 3.8) is 0 Å². The first-order valence-electron chi connectivity index (χ1n) is 6.07. The normalized spacial score (nSPS) is 11.1. The standard InChI is InChI=1S/C13H13N5OS/c1-9-3-13(19)18-12(4-11(16-18)20-2)17(9)7-10-5-14-8-15-6-10/h3-6,8H,7H2,1-2H3. The fourth-order valence-electron chi connectivity index (χ4n) is 2.10. The monoisotopic (exact) mass is 287 g/mol. The molecule has 0 aliphatic carbocycles. The van der Waals surface area contributed by atoms with Gasteiger partial charge < -0.3 is 4.57 Å². The summed E-state index contributed by atoms with van der Waals surface area (Å²) in [5, 5.41) is 5.11. The molecule has 102 valence electrons. The number of hydrogen-bond donors (Lipinski definition) is 0. The van der Waals surface area contributed by atoms with Crippen molar-refractivity contribution >= 4 is 17.4 Å². The summed E-state index contributed by atoms with van der Waals surface area (Å²) in [4.78, 5) is 20.0. The summed E-state index contributed by atoms with van der Waals surface area (Å²) >= 11 is 1.52. The van der Waals surface area contributed by atoms with E-state index >= 15 is 0 Å². The van der Waals surface area contributed by atoms with Crippen LogP contribution in [0.3, 0.4) is 0 Å². The van der Waals surface area contributed by atoms with Crippen LogP contribution < -0.4 is 5.56 Å². The van der Waals surface area contributed by atoms with Gasteiger partial charge >= 0.3 is 0 Å². The van der Waals surface area contributed by atoms with E-state index < -0.39 is 0 Å². The van der Waals surface area contributed by atoms with Crippen LogP contribution in [0.25, 0.3) is 5.65 Å². The van der Waals surface area contributed by atoms with Crippen molar-refractivity contribution in [2.45, 2.75) is 18.5 Å². The fraction of sp³-hybridized carbons (Fsp3) is 0.231. The lowest BCUT2D eigenvalue weighted by Crippen LogP contribution is -2.20. The molecule has 0 fully saturated rings. The van der Waals surface area contributed by atoms with Gasteiger partial charge in [-0.25, -0.2) is 9.97 Å². The van der Waals surface area contributed by atoms with Crippen molar-refractivity contribution in [2.75, 3.05) is 6.26 Å². The first-order valence-corrected chi connectivity index (χ1v) is 7.29. The second kappa shape index (κ2) is 5.09. The van der Waals surface area contributed by atoms with Gasteiger partial charge in [0.1, 0.15) is 17.0 Å². The van der Waals surface area contributed by atoms with Crippen LogP contribution in [0.5, 0.6) is 0 Å². The van der Waals surface area contributed by atoms with E-state index in [0.717, 1.165) is 21.9 Å². The highest BCUT2D eigenvalue weighted by Gasteiger charge is 2.10. The Balaban J connectivity index is 2.19. The number of aromatic nitrogens is 5. The molecule has 0 N–H and O–H groups in total. The van der Waals surface area contributed by atoms with Crippen molar-refractivity contribution in [3.05, 3.63) is 52.5 Å². The minimum atomic E-state index is -0.113. The highest BCUT2D eigenvalue weighted by atomic mass is 32.2. The topological polar surface area (TPSA) is 65.1 Å². The first kappa shape index (κ1) is 12.9. The van der Waals surface area contributed by atoms with E-state index in [4.69, 9.17) is 0 Å². The van der Waals surface area contributed by atoms with Gasteiger partial charge in [0.05, 0.1) is 6.54 Å². The molecule has 0 saturated heterocycles. The third-order valence-corrected chi connectivity index (χ3v) is 3.69. The quantitative estimate of drug-likeness (QED) is 0.681. The number of rotatable bonds is 3. The Bertz CT molecular complexity index is 809. The molecule has 0 radical (unpaired) electrons. The molecule has 0 spiro atoms. The number of hydrogen-bond acceptors (Lipinski definition) is 5. The van der Waals surface area contributed by atoms with Crippen LogP contribution >= 0.6 is 11.8 Å². The van der Waals surface area contributed by atoms with E-state index in [9.17, 15) is 4.79 Å². The van der Waals surface area contributed by atoms with E-state index in [1.807, 2.05) is 23.8 Å². The van der Waals surface area contributed by atoms with Gasteiger partial charge in [0.15, 0.2) is 0 Å². The molecule has 3 heterocycles. The molecule has 0 amide bonds. The molecular formula is C13H13N5OS. The molecule has 3 aromatic heterocycles. The van der Waals surface area contributed by atoms with Gasteiger partial charge in [0.2, 0.25) is 0 Å². The molecule has 20 heavy (non-hydrogen) atoms. The lowest BCUT2D eigenvalue weighted by atomic mass is 10.3. The Morgan fingerprint density at radius 3 is 2.70 bits per heavy atom. The highest BCUT2D eigenvalue weighted by Crippen LogP contribution is 2.16. The van der Waals surface area contributed by atoms with Gasteiger partial charge in [-0.05, 0) is 13.2 Å². The molecule has 0 aliphatic heterocycles. The van der Waals surface area contributed by atoms with Gasteiger partial charge in [-0.3, -0.25) is 4.79 Å². The SMILES string of the molecule is CSc1cc2n(Cc3cncnc3)c(C)cc(=O)n2n1. The molecule has 7 heteroatoms. The van der Waals surface area contributed by atoms with Crippen LogP contribution in [0.1, 0.15) is 11.3 Å². The summed E-state index contributed by atoms with van der Waals surface area (Å²) < 4.78 is 3.47. The van der Waals surface area contributed by atoms with Crippen molar-refractivity contribution in [2.24, 2.45) is 0 Å². The Morgan fingerprint density at radius 1 is 1.25 bits per heavy atom. The van der Waals surface area contributed by atoms with Crippen LogP contribution in [0.15, 0.2) is 40.7 Å². The maximum Gasteiger partial charge on any atom is 0.274 e. The second-order valence-electron chi connectivity index (χ2n) is 4.41. The summed E-state index contributed by atoms with van der Waals surface area (Å²) in [6.45, 7) is 2.52. The molecule has 3 aromatic rings. The van der Waals surface area contributed by atoms with E-state index in [-0.39, 0.29) is 5.56 Å². The van der Waals surface area contributed by atoms with Crippen LogP contribution in [0, 0.1) is 6.92 Å². The van der Waals surface area contributed by atoms with Crippen molar-refractivity contribution in [1.29, 1.82) is 0 Å². The Hall–Kier alpha value is -2.15. The highest BCUT2D eigenvalue weighted by molar-refractivity contribution is 7.98. The minimum Gasteiger partial charge on any atom is -0.325 e. The zero-order chi connectivity index (χ0) is 14.1. The third-order valence-electron chi connectivity index (χ3n) is 3.08. The summed E-state index contributed by atoms with van der Waals surface area (Å²) in [5.74, 6) is 0. The molecular weight excluding hydrogens is 274 g/mol. The van der Waals surface area contributed by atoms with Gasteiger partial charge in [0.25, 0.3) is 5.56 Å². The molecule has 0 unspecified atom stereocenters. The van der Waals surface area contributed by atoms with Gasteiger partial charge in [0, 0.05) is 35.8 Å². The molecule has 3 rings (SSSR count). The Kier molecular flexibility index (Phi) is 3.27. The maximum atomic E-state index is 12.0. The average molecular weight is 287 g/mol. The van der Waals surface area contributed by atoms with Gasteiger partial charge in [-0.1, -0.05) is 0 Å². The molecule has 0 atom stereocenters. The molecule has 0 saturated carbocycles. The summed E-state index contributed by atoms with van der Waals surface area (Å²) in [5.41, 5.74) is 2.54. The predicted molar refractivity (Wildman–Crippen MR) is 77.1 cm³/mol. The lowest BCUT2D eigenvalue weighted by molar-refractivity contribution is 0.728. The number of aryl methyl sites for hydroxylation is 1. The third kappa shape index (κ3) is 2.20. The largest absolute Gasteiger partial charge is 0.325 e. The average Bonchev–Trinajstić information content (AvgIpc) is 2.89. The zero-order valence-corrected chi connectivity index (χ0v) is 12.0. The summed E-state index contributed by atoms with van der Waals surface area (Å²) in [6, 6.07) is 3.51. The van der Waals surface area contributed by atoms with Crippen LogP contribution in [-0.4, -0.2) is 30.4 Å². The predicted octanol–water partition coefficient (Wildman–Crippen LogP) is 1.36. The zero-order valence-electron chi connectivity index (χ0n) is 11.1. The van der Waals surface area contributed by atoms with Crippen molar-refractivity contribution in [1.82, 2.24) is 24.1 Å². The Morgan fingerprint density at radius 2 is 2.00 bits per heavy atom. The number of nitrogens with zero attached hydrogens (tertiary/aromatic N) is 5. The maximum absolute atomic E-state index is 12.0. The second-order valence-corrected chi connectivity index (χ2v) is 5.24. The van der Waals surface area contributed by atoms with Crippen LogP contribution in [0.4, 0.5) is 0 Å². The number of fused-ring (bicyclic) bond motifs is 1. The first-order chi connectivity index (χ1) is 9.69. The lowest BCUT2D eigenvalue weighted by Gasteiger charge is -2.11. The van der Waals surface area contributed by atoms with Gasteiger partial charge in [-0.15, -0.1) is 11.8 Å². The Labute approximate surface area is 119 Å². The minimum absolute atomic E-state index is 0.113. The molecule has 0 bridgehead atoms.